The molecular formula is C28H40N6O4. The number of primary amides is 1. The van der Waals surface area contributed by atoms with E-state index in [1.165, 1.54) is 37.3 Å². The van der Waals surface area contributed by atoms with Crippen LogP contribution in [-0.4, -0.2) is 94.2 Å². The van der Waals surface area contributed by atoms with Gasteiger partial charge >= 0.3 is 6.03 Å². The number of benzene rings is 1. The number of carbonyl (C=O) groups excluding carboxylic acids is 4. The number of likely N-dealkylation sites (tertiary alicyclic amines) is 3. The van der Waals surface area contributed by atoms with Crippen molar-refractivity contribution in [2.75, 3.05) is 38.0 Å². The molecule has 0 bridgehead atoms. The number of nitrogens with one attached hydrogen (secondary N) is 1. The van der Waals surface area contributed by atoms with Gasteiger partial charge in [-0.2, -0.15) is 0 Å². The van der Waals surface area contributed by atoms with Crippen LogP contribution in [0.15, 0.2) is 24.3 Å². The van der Waals surface area contributed by atoms with Gasteiger partial charge in [-0.05, 0) is 63.2 Å². The van der Waals surface area contributed by atoms with E-state index in [2.05, 4.69) is 10.2 Å². The highest BCUT2D eigenvalue weighted by molar-refractivity contribution is 5.93. The van der Waals surface area contributed by atoms with E-state index in [1.807, 2.05) is 29.2 Å². The number of para-hydroxylation sites is 1. The third-order valence-corrected chi connectivity index (χ3v) is 8.80. The molecule has 0 spiro atoms. The summed E-state index contributed by atoms with van der Waals surface area (Å²) in [7, 11) is 0. The summed E-state index contributed by atoms with van der Waals surface area (Å²) in [5.74, 6) is -0.797. The summed E-state index contributed by atoms with van der Waals surface area (Å²) >= 11 is 0. The molecule has 4 aliphatic rings. The Hall–Kier alpha value is -3.14. The molecule has 2 unspecified atom stereocenters. The zero-order valence-corrected chi connectivity index (χ0v) is 22.1. The smallest absolute Gasteiger partial charge is 0.322 e. The molecule has 4 heterocycles. The fraction of sp³-hybridized carbons (Fsp3) is 0.643. The molecule has 1 aromatic rings. The number of nitrogens with two attached hydrogens (primary N) is 1. The highest BCUT2D eigenvalue weighted by Gasteiger charge is 2.40. The van der Waals surface area contributed by atoms with E-state index in [0.717, 1.165) is 37.2 Å². The summed E-state index contributed by atoms with van der Waals surface area (Å²) < 4.78 is 0. The van der Waals surface area contributed by atoms with Crippen molar-refractivity contribution in [2.45, 2.75) is 82.5 Å². The van der Waals surface area contributed by atoms with Crippen LogP contribution in [0, 0.1) is 0 Å². The molecular weight excluding hydrogens is 484 g/mol. The molecule has 3 fully saturated rings. The summed E-state index contributed by atoms with van der Waals surface area (Å²) in [6, 6.07) is 7.02. The Morgan fingerprint density at radius 2 is 1.55 bits per heavy atom. The second-order valence-corrected chi connectivity index (χ2v) is 11.1. The minimum absolute atomic E-state index is 0.00427. The number of amides is 5. The first-order valence-corrected chi connectivity index (χ1v) is 14.2. The van der Waals surface area contributed by atoms with E-state index < -0.39 is 11.9 Å². The van der Waals surface area contributed by atoms with Crippen molar-refractivity contribution in [3.8, 4) is 0 Å². The topological polar surface area (TPSA) is 119 Å². The van der Waals surface area contributed by atoms with E-state index in [4.69, 9.17) is 5.73 Å². The van der Waals surface area contributed by atoms with E-state index in [9.17, 15) is 19.2 Å². The van der Waals surface area contributed by atoms with Gasteiger partial charge in [0.1, 0.15) is 6.04 Å². The first-order chi connectivity index (χ1) is 18.4. The van der Waals surface area contributed by atoms with Gasteiger partial charge in [-0.15, -0.1) is 0 Å². The average Bonchev–Trinajstić information content (AvgIpc) is 2.95. The quantitative estimate of drug-likeness (QED) is 0.591. The van der Waals surface area contributed by atoms with Gasteiger partial charge in [-0.3, -0.25) is 14.4 Å². The lowest BCUT2D eigenvalue weighted by molar-refractivity contribution is -0.144. The lowest BCUT2D eigenvalue weighted by atomic mass is 9.93. The van der Waals surface area contributed by atoms with Crippen LogP contribution in [0.5, 0.6) is 0 Å². The Morgan fingerprint density at radius 1 is 0.868 bits per heavy atom. The summed E-state index contributed by atoms with van der Waals surface area (Å²) in [4.78, 5) is 58.8. The molecule has 10 nitrogen and oxygen atoms in total. The van der Waals surface area contributed by atoms with Crippen LogP contribution in [0.4, 0.5) is 10.5 Å². The number of hydrogen-bond acceptors (Lipinski definition) is 5. The molecule has 1 aromatic carbocycles. The molecule has 38 heavy (non-hydrogen) atoms. The summed E-state index contributed by atoms with van der Waals surface area (Å²) in [5.41, 5.74) is 7.53. The minimum atomic E-state index is -0.790. The molecule has 0 aromatic heterocycles. The number of rotatable bonds is 6. The van der Waals surface area contributed by atoms with Crippen LogP contribution in [0.25, 0.3) is 0 Å². The van der Waals surface area contributed by atoms with Gasteiger partial charge < -0.3 is 30.7 Å². The van der Waals surface area contributed by atoms with E-state index in [-0.39, 0.29) is 36.7 Å². The van der Waals surface area contributed by atoms with Crippen LogP contribution in [0.1, 0.15) is 63.4 Å². The van der Waals surface area contributed by atoms with E-state index in [0.29, 0.717) is 32.0 Å². The lowest BCUT2D eigenvalue weighted by Crippen LogP contribution is -2.58. The zero-order valence-electron chi connectivity index (χ0n) is 22.1. The fourth-order valence-corrected chi connectivity index (χ4v) is 6.59. The third kappa shape index (κ3) is 5.80. The maximum atomic E-state index is 13.1. The first-order valence-electron chi connectivity index (χ1n) is 14.2. The molecule has 3 N–H and O–H groups in total. The maximum Gasteiger partial charge on any atom is 0.322 e. The van der Waals surface area contributed by atoms with Crippen LogP contribution in [0.3, 0.4) is 0 Å². The number of anilines is 1. The molecule has 3 saturated heterocycles. The second kappa shape index (κ2) is 11.7. The number of piperidine rings is 3. The van der Waals surface area contributed by atoms with Crippen molar-refractivity contribution < 1.29 is 19.2 Å². The molecule has 10 heteroatoms. The van der Waals surface area contributed by atoms with Crippen molar-refractivity contribution >= 4 is 29.4 Å². The molecule has 0 aliphatic carbocycles. The Bertz CT molecular complexity index is 1050. The molecule has 0 radical (unpaired) electrons. The Morgan fingerprint density at radius 3 is 2.29 bits per heavy atom. The third-order valence-electron chi connectivity index (χ3n) is 8.80. The summed E-state index contributed by atoms with van der Waals surface area (Å²) in [5, 5.41) is 2.92. The van der Waals surface area contributed by atoms with E-state index >= 15 is 0 Å². The highest BCUT2D eigenvalue weighted by atomic mass is 16.2. The zero-order chi connectivity index (χ0) is 26.6. The van der Waals surface area contributed by atoms with Crippen LogP contribution >= 0.6 is 0 Å². The van der Waals surface area contributed by atoms with Crippen LogP contribution in [-0.2, 0) is 20.9 Å². The van der Waals surface area contributed by atoms with Crippen molar-refractivity contribution in [3.63, 3.8) is 0 Å². The normalized spacial score (nSPS) is 25.1. The SMILES string of the molecule is NC(=O)C1CC(N2Cc3ccccc3NC2=O)CCN1C(=O)CCC(=O)N1CCC(N2CCCCC2)CC1. The molecule has 0 saturated carbocycles. The van der Waals surface area contributed by atoms with Gasteiger partial charge in [0.25, 0.3) is 0 Å². The molecule has 4 aliphatic heterocycles. The predicted octanol–water partition coefficient (Wildman–Crippen LogP) is 2.14. The van der Waals surface area contributed by atoms with Gasteiger partial charge in [-0.1, -0.05) is 24.6 Å². The Balaban J connectivity index is 1.11. The monoisotopic (exact) mass is 524 g/mol. The van der Waals surface area contributed by atoms with Crippen molar-refractivity contribution in [1.82, 2.24) is 19.6 Å². The summed E-state index contributed by atoms with van der Waals surface area (Å²) in [6.07, 6.45) is 6.90. The van der Waals surface area contributed by atoms with Gasteiger partial charge in [0.05, 0.1) is 0 Å². The van der Waals surface area contributed by atoms with Gasteiger partial charge in [0.15, 0.2) is 0 Å². The van der Waals surface area contributed by atoms with Gasteiger partial charge in [-0.25, -0.2) is 4.79 Å². The van der Waals surface area contributed by atoms with Crippen LogP contribution in [0.2, 0.25) is 0 Å². The van der Waals surface area contributed by atoms with E-state index in [1.54, 1.807) is 4.90 Å². The van der Waals surface area contributed by atoms with Gasteiger partial charge in [0.2, 0.25) is 17.7 Å². The number of urea groups is 1. The number of hydrogen-bond donors (Lipinski definition) is 2. The molecule has 5 amide bonds. The van der Waals surface area contributed by atoms with Crippen molar-refractivity contribution in [2.24, 2.45) is 5.73 Å². The number of carbonyl (C=O) groups is 4. The number of fused-ring (bicyclic) bond motifs is 1. The average molecular weight is 525 g/mol. The van der Waals surface area contributed by atoms with Crippen molar-refractivity contribution in [3.05, 3.63) is 29.8 Å². The highest BCUT2D eigenvalue weighted by Crippen LogP contribution is 2.30. The number of nitrogens with zero attached hydrogens (tertiary/aromatic N) is 4. The second-order valence-electron chi connectivity index (χ2n) is 11.1. The Kier molecular flexibility index (Phi) is 8.16. The van der Waals surface area contributed by atoms with Crippen molar-refractivity contribution in [1.29, 1.82) is 0 Å². The molecule has 2 atom stereocenters. The largest absolute Gasteiger partial charge is 0.368 e. The predicted molar refractivity (Wildman–Crippen MR) is 143 cm³/mol. The maximum absolute atomic E-state index is 13.1. The molecule has 206 valence electrons. The van der Waals surface area contributed by atoms with Crippen LogP contribution < -0.4 is 11.1 Å². The molecule has 5 rings (SSSR count). The summed E-state index contributed by atoms with van der Waals surface area (Å²) in [6.45, 7) is 4.60. The lowest BCUT2D eigenvalue weighted by Gasteiger charge is -2.43. The minimum Gasteiger partial charge on any atom is -0.368 e. The standard InChI is InChI=1S/C28H40N6O4/c29-27(37)24-18-22(34-19-20-6-2-3-7-23(20)30-28(34)38)12-17-33(24)26(36)9-8-25(35)32-15-10-21(11-16-32)31-13-4-1-5-14-31/h2-3,6-7,21-22,24H,1,4-5,8-19H2,(H2,29,37)(H,30,38). The van der Waals surface area contributed by atoms with Gasteiger partial charge in [0, 0.05) is 56.8 Å². The Labute approximate surface area is 224 Å². The fourth-order valence-electron chi connectivity index (χ4n) is 6.59. The first kappa shape index (κ1) is 26.5.